The second-order valence-corrected chi connectivity index (χ2v) is 8.99. The molecule has 190 valence electrons. The molecule has 3 aliphatic rings. The number of anilines is 1. The van der Waals surface area contributed by atoms with Gasteiger partial charge in [0.15, 0.2) is 5.69 Å². The van der Waals surface area contributed by atoms with Crippen molar-refractivity contribution >= 4 is 11.7 Å². The van der Waals surface area contributed by atoms with E-state index in [2.05, 4.69) is 15.4 Å². The van der Waals surface area contributed by atoms with Crippen LogP contribution in [-0.2, 0) is 34.3 Å². The molecule has 3 fully saturated rings. The van der Waals surface area contributed by atoms with Crippen molar-refractivity contribution in [1.82, 2.24) is 14.8 Å². The van der Waals surface area contributed by atoms with E-state index in [0.29, 0.717) is 12.1 Å². The fourth-order valence-electron chi connectivity index (χ4n) is 5.70. The highest BCUT2D eigenvalue weighted by molar-refractivity contribution is 6.00. The maximum absolute atomic E-state index is 13.8. The zero-order valence-electron chi connectivity index (χ0n) is 18.4. The zero-order valence-corrected chi connectivity index (χ0v) is 18.4. The molecule has 8 nitrogen and oxygen atoms in total. The van der Waals surface area contributed by atoms with Crippen LogP contribution in [0.15, 0.2) is 18.3 Å². The van der Waals surface area contributed by atoms with Crippen molar-refractivity contribution < 1.29 is 45.7 Å². The highest BCUT2D eigenvalue weighted by Crippen LogP contribution is 2.78. The maximum Gasteiger partial charge on any atom is 0.435 e. The topological polar surface area (TPSA) is 98.5 Å². The molecule has 1 aliphatic carbocycles. The number of fused-ring (bicyclic) bond motifs is 5. The van der Waals surface area contributed by atoms with Crippen LogP contribution < -0.4 is 10.1 Å². The first-order chi connectivity index (χ1) is 16.2. The summed E-state index contributed by atoms with van der Waals surface area (Å²) in [5.74, 6) is -1.68. The minimum Gasteiger partial charge on any atom is -0.478 e. The number of amides is 1. The van der Waals surface area contributed by atoms with Crippen molar-refractivity contribution in [2.45, 2.75) is 55.8 Å². The summed E-state index contributed by atoms with van der Waals surface area (Å²) in [5.41, 5.74) is -5.68. The van der Waals surface area contributed by atoms with E-state index < -0.39 is 64.5 Å². The number of carbonyl (C=O) groups excluding carboxylic acids is 1. The quantitative estimate of drug-likeness (QED) is 0.606. The standard InChI is InChI=1S/C21H20F6N4O4/c1-3-34-14-5-9(20(22,23)24)4-13(28-14)29-17(33)19-8-18(19,16-11(32)6-12(19)35-16)10-7-31(2)30-15(10)21(25,26)27/h4-5,7,11-12,16,32H,3,6,8H2,1-2H3,(H,28,29,33). The number of carbonyl (C=O) groups is 1. The van der Waals surface area contributed by atoms with Crippen molar-refractivity contribution in [3.8, 4) is 5.88 Å². The number of aromatic nitrogens is 3. The lowest BCUT2D eigenvalue weighted by Gasteiger charge is -2.29. The molecule has 1 saturated carbocycles. The van der Waals surface area contributed by atoms with Crippen molar-refractivity contribution in [3.05, 3.63) is 35.2 Å². The summed E-state index contributed by atoms with van der Waals surface area (Å²) in [6.07, 6.45) is -11.7. The van der Waals surface area contributed by atoms with E-state index in [1.54, 1.807) is 6.92 Å². The Morgan fingerprint density at radius 2 is 2.00 bits per heavy atom. The van der Waals surface area contributed by atoms with Gasteiger partial charge in [-0.3, -0.25) is 9.48 Å². The van der Waals surface area contributed by atoms with Crippen molar-refractivity contribution in [2.24, 2.45) is 12.5 Å². The van der Waals surface area contributed by atoms with Gasteiger partial charge in [0.05, 0.1) is 35.9 Å². The van der Waals surface area contributed by atoms with E-state index in [4.69, 9.17) is 9.47 Å². The van der Waals surface area contributed by atoms with E-state index in [-0.39, 0.29) is 30.9 Å². The van der Waals surface area contributed by atoms with E-state index in [9.17, 15) is 36.2 Å². The first kappa shape index (κ1) is 23.9. The minimum atomic E-state index is -4.84. The van der Waals surface area contributed by atoms with Gasteiger partial charge in [-0.15, -0.1) is 0 Å². The van der Waals surface area contributed by atoms with E-state index in [1.807, 2.05) is 0 Å². The number of nitrogens with zero attached hydrogens (tertiary/aromatic N) is 3. The number of ether oxygens (including phenoxy) is 2. The average Bonchev–Trinajstić information content (AvgIpc) is 2.96. The average molecular weight is 506 g/mol. The first-order valence-electron chi connectivity index (χ1n) is 10.7. The number of rotatable bonds is 5. The summed E-state index contributed by atoms with van der Waals surface area (Å²) in [5, 5.41) is 16.3. The molecule has 5 unspecified atom stereocenters. The molecule has 0 radical (unpaired) electrons. The number of aryl methyl sites for hydroxylation is 1. The van der Waals surface area contributed by atoms with Gasteiger partial charge in [-0.05, 0) is 19.4 Å². The molecule has 4 heterocycles. The predicted octanol–water partition coefficient (Wildman–Crippen LogP) is 3.05. The van der Waals surface area contributed by atoms with Crippen LogP contribution >= 0.6 is 0 Å². The normalized spacial score (nSPS) is 31.4. The third-order valence-electron chi connectivity index (χ3n) is 7.03. The molecule has 5 rings (SSSR count). The number of nitrogens with one attached hydrogen (secondary N) is 1. The molecule has 1 amide bonds. The summed E-state index contributed by atoms with van der Waals surface area (Å²) >= 11 is 0. The third kappa shape index (κ3) is 3.33. The van der Waals surface area contributed by atoms with Gasteiger partial charge in [0.2, 0.25) is 11.8 Å². The van der Waals surface area contributed by atoms with Crippen LogP contribution in [0, 0.1) is 5.41 Å². The Kier molecular flexibility index (Phi) is 4.99. The lowest BCUT2D eigenvalue weighted by atomic mass is 9.73. The third-order valence-corrected chi connectivity index (χ3v) is 7.03. The number of aliphatic hydroxyl groups is 1. The van der Waals surface area contributed by atoms with Crippen LogP contribution in [0.3, 0.4) is 0 Å². The van der Waals surface area contributed by atoms with Crippen LogP contribution in [-0.4, -0.2) is 50.7 Å². The summed E-state index contributed by atoms with van der Waals surface area (Å²) < 4.78 is 93.2. The smallest absolute Gasteiger partial charge is 0.435 e. The van der Waals surface area contributed by atoms with Crippen molar-refractivity contribution in [1.29, 1.82) is 0 Å². The molecule has 2 aromatic rings. The number of hydrogen-bond donors (Lipinski definition) is 2. The van der Waals surface area contributed by atoms with Gasteiger partial charge < -0.3 is 19.9 Å². The summed E-state index contributed by atoms with van der Waals surface area (Å²) in [6.45, 7) is 1.56. The Balaban J connectivity index is 1.55. The largest absolute Gasteiger partial charge is 0.478 e. The molecule has 2 aromatic heterocycles. The van der Waals surface area contributed by atoms with E-state index >= 15 is 0 Å². The molecule has 2 aliphatic heterocycles. The van der Waals surface area contributed by atoms with Crippen LogP contribution in [0.2, 0.25) is 0 Å². The second kappa shape index (κ2) is 7.32. The summed E-state index contributed by atoms with van der Waals surface area (Å²) in [4.78, 5) is 17.4. The number of aliphatic hydroxyl groups excluding tert-OH is 1. The van der Waals surface area contributed by atoms with Crippen molar-refractivity contribution in [2.75, 3.05) is 11.9 Å². The van der Waals surface area contributed by atoms with Gasteiger partial charge in [-0.25, -0.2) is 0 Å². The maximum atomic E-state index is 13.8. The monoisotopic (exact) mass is 506 g/mol. The lowest BCUT2D eigenvalue weighted by Crippen LogP contribution is -2.45. The number of hydrogen-bond acceptors (Lipinski definition) is 6. The lowest BCUT2D eigenvalue weighted by molar-refractivity contribution is -0.143. The first-order valence-corrected chi connectivity index (χ1v) is 10.7. The van der Waals surface area contributed by atoms with Crippen LogP contribution in [0.25, 0.3) is 0 Å². The summed E-state index contributed by atoms with van der Waals surface area (Å²) in [7, 11) is 1.30. The fraction of sp³-hybridized carbons (Fsp3) is 0.571. The molecule has 35 heavy (non-hydrogen) atoms. The minimum absolute atomic E-state index is 0.00165. The molecule has 14 heteroatoms. The molecular weight excluding hydrogens is 486 g/mol. The molecule has 2 bridgehead atoms. The van der Waals surface area contributed by atoms with Crippen LogP contribution in [0.5, 0.6) is 5.88 Å². The molecule has 5 atom stereocenters. The van der Waals surface area contributed by atoms with Crippen molar-refractivity contribution in [3.63, 3.8) is 0 Å². The Hall–Kier alpha value is -2.87. The molecule has 0 spiro atoms. The van der Waals surface area contributed by atoms with Crippen LogP contribution in [0.1, 0.15) is 36.6 Å². The summed E-state index contributed by atoms with van der Waals surface area (Å²) in [6, 6.07) is 1.30. The van der Waals surface area contributed by atoms with Gasteiger partial charge in [-0.2, -0.15) is 36.4 Å². The molecular formula is C21H20F6N4O4. The van der Waals surface area contributed by atoms with E-state index in [1.165, 1.54) is 7.05 Å². The Bertz CT molecular complexity index is 1200. The van der Waals surface area contributed by atoms with Crippen LogP contribution in [0.4, 0.5) is 32.2 Å². The zero-order chi connectivity index (χ0) is 25.6. The SMILES string of the molecule is CCOc1cc(C(F)(F)F)cc(NC(=O)C23CC2(c2cn(C)nc2C(F)(F)F)C2OC3CC2O)n1. The number of pyridine rings is 1. The number of alkyl halides is 6. The Morgan fingerprint density at radius 3 is 2.63 bits per heavy atom. The Morgan fingerprint density at radius 1 is 1.29 bits per heavy atom. The fourth-order valence-corrected chi connectivity index (χ4v) is 5.70. The van der Waals surface area contributed by atoms with Gasteiger partial charge >= 0.3 is 12.4 Å². The highest BCUT2D eigenvalue weighted by atomic mass is 19.4. The van der Waals surface area contributed by atoms with Gasteiger partial charge in [0, 0.05) is 36.7 Å². The van der Waals surface area contributed by atoms with Gasteiger partial charge in [0.1, 0.15) is 5.82 Å². The molecule has 2 saturated heterocycles. The predicted molar refractivity (Wildman–Crippen MR) is 105 cm³/mol. The number of halogens is 6. The molecule has 0 aromatic carbocycles. The van der Waals surface area contributed by atoms with E-state index in [0.717, 1.165) is 10.9 Å². The molecule has 2 N–H and O–H groups in total. The Labute approximate surface area is 194 Å². The highest BCUT2D eigenvalue weighted by Gasteiger charge is 2.88. The van der Waals surface area contributed by atoms with Gasteiger partial charge in [-0.1, -0.05) is 0 Å². The second-order valence-electron chi connectivity index (χ2n) is 8.99. The van der Waals surface area contributed by atoms with Gasteiger partial charge in [0.25, 0.3) is 0 Å².